The Morgan fingerprint density at radius 3 is 2.71 bits per heavy atom. The van der Waals surface area contributed by atoms with Crippen LogP contribution in [0, 0.1) is 13.8 Å². The molecule has 1 atom stereocenters. The molecule has 150 valence electrons. The van der Waals surface area contributed by atoms with E-state index in [-0.39, 0.29) is 29.9 Å². The van der Waals surface area contributed by atoms with E-state index in [1.54, 1.807) is 6.07 Å². The summed E-state index contributed by atoms with van der Waals surface area (Å²) in [4.78, 5) is 26.7. The molecule has 0 aromatic carbocycles. The topological polar surface area (TPSA) is 82.4 Å². The molecule has 1 aliphatic heterocycles. The second-order valence-electron chi connectivity index (χ2n) is 7.62. The number of rotatable bonds is 5. The molecule has 8 heteroatoms. The summed E-state index contributed by atoms with van der Waals surface area (Å²) in [6.45, 7) is 3.37. The highest BCUT2D eigenvalue weighted by Gasteiger charge is 2.32. The minimum atomic E-state index is -3.01. The fraction of sp³-hybridized carbons (Fsp3) is 0.500. The lowest BCUT2D eigenvalue weighted by Gasteiger charge is -2.16. The summed E-state index contributed by atoms with van der Waals surface area (Å²) in [5.41, 5.74) is 3.29. The van der Waals surface area contributed by atoms with Crippen molar-refractivity contribution < 1.29 is 22.7 Å². The number of carbonyl (C=O) groups is 2. The zero-order chi connectivity index (χ0) is 20.1. The maximum atomic E-state index is 12.6. The van der Waals surface area contributed by atoms with E-state index in [4.69, 9.17) is 4.74 Å². The normalized spacial score (nSPS) is 20.3. The van der Waals surface area contributed by atoms with Gasteiger partial charge in [0, 0.05) is 27.9 Å². The molecule has 6 nitrogen and oxygen atoms in total. The number of hydrogen-bond donors (Lipinski definition) is 0. The first-order valence-corrected chi connectivity index (χ1v) is 12.1. The molecule has 0 amide bonds. The number of fused-ring (bicyclic) bond motifs is 1. The fourth-order valence-corrected chi connectivity index (χ4v) is 7.16. The molecule has 2 aromatic rings. The average Bonchev–Trinajstić information content (AvgIpc) is 3.35. The first-order chi connectivity index (χ1) is 13.2. The molecule has 2 aliphatic rings. The fourth-order valence-electron chi connectivity index (χ4n) is 4.31. The van der Waals surface area contributed by atoms with Crippen LogP contribution >= 0.6 is 11.3 Å². The number of aromatic nitrogens is 1. The Balaban J connectivity index is 1.45. The molecule has 0 bridgehead atoms. The van der Waals surface area contributed by atoms with E-state index in [0.717, 1.165) is 30.7 Å². The van der Waals surface area contributed by atoms with Crippen molar-refractivity contribution >= 4 is 32.9 Å². The minimum Gasteiger partial charge on any atom is -0.453 e. The van der Waals surface area contributed by atoms with E-state index in [1.807, 2.05) is 24.5 Å². The van der Waals surface area contributed by atoms with E-state index in [0.29, 0.717) is 16.9 Å². The molecule has 2 aromatic heterocycles. The van der Waals surface area contributed by atoms with Crippen molar-refractivity contribution in [2.75, 3.05) is 18.1 Å². The largest absolute Gasteiger partial charge is 0.453 e. The Kier molecular flexibility index (Phi) is 4.95. The summed E-state index contributed by atoms with van der Waals surface area (Å²) in [5.74, 6) is -0.434. The van der Waals surface area contributed by atoms with Crippen LogP contribution in [0.15, 0.2) is 12.1 Å². The highest BCUT2D eigenvalue weighted by molar-refractivity contribution is 7.91. The minimum absolute atomic E-state index is 0.106. The Morgan fingerprint density at radius 1 is 1.25 bits per heavy atom. The lowest BCUT2D eigenvalue weighted by molar-refractivity contribution is 0.0479. The first-order valence-electron chi connectivity index (χ1n) is 9.46. The van der Waals surface area contributed by atoms with Gasteiger partial charge in [-0.2, -0.15) is 0 Å². The van der Waals surface area contributed by atoms with E-state index in [1.165, 1.54) is 21.8 Å². The van der Waals surface area contributed by atoms with Crippen molar-refractivity contribution in [3.63, 3.8) is 0 Å². The van der Waals surface area contributed by atoms with Crippen molar-refractivity contribution in [3.05, 3.63) is 44.4 Å². The number of ether oxygens (including phenoxy) is 1. The van der Waals surface area contributed by atoms with Crippen LogP contribution in [0.1, 0.15) is 60.7 Å². The number of ketones is 1. The summed E-state index contributed by atoms with van der Waals surface area (Å²) in [6, 6.07) is 3.50. The van der Waals surface area contributed by atoms with Gasteiger partial charge in [-0.05, 0) is 57.2 Å². The monoisotopic (exact) mass is 421 g/mol. The van der Waals surface area contributed by atoms with Crippen LogP contribution in [0.2, 0.25) is 0 Å². The highest BCUT2D eigenvalue weighted by Crippen LogP contribution is 2.31. The van der Waals surface area contributed by atoms with Crippen molar-refractivity contribution in [2.45, 2.75) is 45.6 Å². The van der Waals surface area contributed by atoms with Gasteiger partial charge in [0.1, 0.15) is 4.88 Å². The number of thiophene rings is 1. The summed E-state index contributed by atoms with van der Waals surface area (Å²) < 4.78 is 30.8. The Labute approximate surface area is 168 Å². The van der Waals surface area contributed by atoms with Crippen LogP contribution in [-0.4, -0.2) is 42.9 Å². The smallest absolute Gasteiger partial charge is 0.348 e. The number of Topliss-reactive ketones (excluding diaryl/α,β-unsaturated/α-hetero) is 1. The van der Waals surface area contributed by atoms with Gasteiger partial charge >= 0.3 is 5.97 Å². The van der Waals surface area contributed by atoms with Gasteiger partial charge in [-0.25, -0.2) is 13.2 Å². The Hall–Kier alpha value is -1.93. The van der Waals surface area contributed by atoms with Gasteiger partial charge < -0.3 is 9.30 Å². The van der Waals surface area contributed by atoms with Gasteiger partial charge in [-0.3, -0.25) is 4.79 Å². The number of aryl methyl sites for hydroxylation is 3. The molecule has 0 saturated carbocycles. The van der Waals surface area contributed by atoms with Crippen molar-refractivity contribution in [1.82, 2.24) is 4.57 Å². The zero-order valence-corrected chi connectivity index (χ0v) is 17.6. The Morgan fingerprint density at radius 2 is 2.04 bits per heavy atom. The summed E-state index contributed by atoms with van der Waals surface area (Å²) >= 11 is 1.46. The highest BCUT2D eigenvalue weighted by atomic mass is 32.2. The van der Waals surface area contributed by atoms with E-state index < -0.39 is 15.8 Å². The van der Waals surface area contributed by atoms with Gasteiger partial charge in [0.05, 0.1) is 11.5 Å². The molecular formula is C20H23NO5S2. The number of sulfone groups is 1. The number of nitrogens with zero attached hydrogens (tertiary/aromatic N) is 1. The van der Waals surface area contributed by atoms with Crippen LogP contribution in [0.5, 0.6) is 0 Å². The third-order valence-corrected chi connectivity index (χ3v) is 8.61. The van der Waals surface area contributed by atoms with Gasteiger partial charge in [0.25, 0.3) is 0 Å². The van der Waals surface area contributed by atoms with E-state index in [9.17, 15) is 18.0 Å². The molecular weight excluding hydrogens is 398 g/mol. The molecule has 1 fully saturated rings. The summed E-state index contributed by atoms with van der Waals surface area (Å²) in [7, 11) is -3.01. The molecule has 0 radical (unpaired) electrons. The van der Waals surface area contributed by atoms with Gasteiger partial charge in [-0.15, -0.1) is 11.3 Å². The van der Waals surface area contributed by atoms with Crippen molar-refractivity contribution in [1.29, 1.82) is 0 Å². The van der Waals surface area contributed by atoms with Crippen LogP contribution in [0.25, 0.3) is 0 Å². The van der Waals surface area contributed by atoms with Crippen LogP contribution < -0.4 is 0 Å². The standard InChI is InChI=1S/C20H23NO5S2/c1-12-8-16(13(2)21(12)15-6-7-28(24,25)11-15)17(22)10-26-20(23)19-9-14-4-3-5-18(14)27-19/h8-9,15H,3-7,10-11H2,1-2H3/t15-/m1/s1. The van der Waals surface area contributed by atoms with Gasteiger partial charge in [0.15, 0.2) is 16.4 Å². The molecule has 28 heavy (non-hydrogen) atoms. The lowest BCUT2D eigenvalue weighted by atomic mass is 10.1. The third-order valence-electron chi connectivity index (χ3n) is 5.64. The van der Waals surface area contributed by atoms with Crippen LogP contribution in [0.4, 0.5) is 0 Å². The third kappa shape index (κ3) is 3.55. The summed E-state index contributed by atoms with van der Waals surface area (Å²) in [5, 5.41) is 0. The van der Waals surface area contributed by atoms with Crippen LogP contribution in [-0.2, 0) is 27.4 Å². The average molecular weight is 422 g/mol. The predicted octanol–water partition coefficient (Wildman–Crippen LogP) is 3.05. The zero-order valence-electron chi connectivity index (χ0n) is 16.0. The second kappa shape index (κ2) is 7.15. The number of hydrogen-bond acceptors (Lipinski definition) is 6. The molecule has 1 aliphatic carbocycles. The van der Waals surface area contributed by atoms with E-state index in [2.05, 4.69) is 0 Å². The molecule has 0 unspecified atom stereocenters. The molecule has 0 N–H and O–H groups in total. The molecule has 3 heterocycles. The van der Waals surface area contributed by atoms with Gasteiger partial charge in [-0.1, -0.05) is 0 Å². The summed E-state index contributed by atoms with van der Waals surface area (Å²) in [6.07, 6.45) is 3.70. The maximum absolute atomic E-state index is 12.6. The van der Waals surface area contributed by atoms with Gasteiger partial charge in [0.2, 0.25) is 5.78 Å². The maximum Gasteiger partial charge on any atom is 0.348 e. The molecule has 0 spiro atoms. The molecule has 4 rings (SSSR count). The quantitative estimate of drug-likeness (QED) is 0.547. The lowest BCUT2D eigenvalue weighted by Crippen LogP contribution is -2.16. The van der Waals surface area contributed by atoms with E-state index >= 15 is 0 Å². The molecule has 1 saturated heterocycles. The van der Waals surface area contributed by atoms with Crippen LogP contribution in [0.3, 0.4) is 0 Å². The SMILES string of the molecule is Cc1cc(C(=O)COC(=O)c2cc3c(s2)CCC3)c(C)n1[C@@H]1CCS(=O)(=O)C1. The first kappa shape index (κ1) is 19.4. The Bertz CT molecular complexity index is 1040. The number of esters is 1. The van der Waals surface area contributed by atoms with Crippen molar-refractivity contribution in [3.8, 4) is 0 Å². The predicted molar refractivity (Wildman–Crippen MR) is 107 cm³/mol. The number of carbonyl (C=O) groups excluding carboxylic acids is 2. The van der Waals surface area contributed by atoms with Crippen molar-refractivity contribution in [2.24, 2.45) is 0 Å². The second-order valence-corrected chi connectivity index (χ2v) is 11.0.